The number of ether oxygens (including phenoxy) is 1. The Morgan fingerprint density at radius 1 is 1.00 bits per heavy atom. The van der Waals surface area contributed by atoms with Crippen LogP contribution >= 0.6 is 34.8 Å². The molecule has 10 heteroatoms. The monoisotopic (exact) mass is 503 g/mol. The summed E-state index contributed by atoms with van der Waals surface area (Å²) in [6.45, 7) is -0.153. The second-order valence-corrected chi connectivity index (χ2v) is 7.91. The Kier molecular flexibility index (Phi) is 7.44. The second-order valence-electron chi connectivity index (χ2n) is 6.63. The van der Waals surface area contributed by atoms with Gasteiger partial charge in [-0.2, -0.15) is 13.2 Å². The van der Waals surface area contributed by atoms with Crippen LogP contribution in [0.3, 0.4) is 0 Å². The molecule has 0 saturated heterocycles. The van der Waals surface area contributed by atoms with Gasteiger partial charge in [0.05, 0.1) is 28.4 Å². The average molecular weight is 505 g/mol. The Morgan fingerprint density at radius 3 is 2.44 bits per heavy atom. The molecule has 0 aliphatic carbocycles. The molecule has 0 heterocycles. The first-order chi connectivity index (χ1) is 15.1. The Balaban J connectivity index is 1.81. The van der Waals surface area contributed by atoms with E-state index >= 15 is 0 Å². The lowest BCUT2D eigenvalue weighted by Gasteiger charge is -2.16. The number of phenolic OH excluding ortho intramolecular Hbond substituents is 1. The summed E-state index contributed by atoms with van der Waals surface area (Å²) in [6, 6.07) is 11.8. The minimum Gasteiger partial charge on any atom is -0.507 e. The van der Waals surface area contributed by atoms with E-state index in [0.29, 0.717) is 0 Å². The van der Waals surface area contributed by atoms with Gasteiger partial charge in [-0.3, -0.25) is 4.79 Å². The van der Waals surface area contributed by atoms with Gasteiger partial charge in [-0.25, -0.2) is 0 Å². The molecule has 0 unspecified atom stereocenters. The number of hydrogen-bond acceptors (Lipinski definition) is 3. The van der Waals surface area contributed by atoms with Crippen molar-refractivity contribution < 1.29 is 27.8 Å². The summed E-state index contributed by atoms with van der Waals surface area (Å²) in [5, 5.41) is 12.9. The number of aromatic hydroxyl groups is 1. The molecule has 2 N–H and O–H groups in total. The van der Waals surface area contributed by atoms with Crippen LogP contribution in [0.15, 0.2) is 54.6 Å². The van der Waals surface area contributed by atoms with Gasteiger partial charge in [-0.15, -0.1) is 0 Å². The summed E-state index contributed by atoms with van der Waals surface area (Å²) in [7, 11) is 0. The number of carbonyl (C=O) groups excluding carboxylic acids is 1. The fourth-order valence-electron chi connectivity index (χ4n) is 2.96. The third-order valence-corrected chi connectivity index (χ3v) is 5.13. The highest BCUT2D eigenvalue weighted by atomic mass is 35.5. The summed E-state index contributed by atoms with van der Waals surface area (Å²) in [5.41, 5.74) is -0.718. The smallest absolute Gasteiger partial charge is 0.416 e. The maximum atomic E-state index is 13.2. The van der Waals surface area contributed by atoms with Gasteiger partial charge >= 0.3 is 6.18 Å². The summed E-state index contributed by atoms with van der Waals surface area (Å²) in [5.74, 6) is -0.989. The summed E-state index contributed by atoms with van der Waals surface area (Å²) >= 11 is 18.1. The van der Waals surface area contributed by atoms with Crippen molar-refractivity contribution in [2.45, 2.75) is 12.6 Å². The van der Waals surface area contributed by atoms with Crippen molar-refractivity contribution in [2.75, 3.05) is 11.9 Å². The standard InChI is InChI=1S/C22H15Cl3F3NO3/c23-13-5-6-19(30)15(9-13)21(31)29-18-11-14(24)10-17(25)20(18)32-8-7-12-3-1-2-4-16(12)22(26,27)28/h1-6,9-11,30H,7-8H2,(H,29,31). The largest absolute Gasteiger partial charge is 0.507 e. The molecule has 3 aromatic rings. The van der Waals surface area contributed by atoms with Crippen molar-refractivity contribution in [1.82, 2.24) is 0 Å². The molecule has 0 saturated carbocycles. The van der Waals surface area contributed by atoms with E-state index in [9.17, 15) is 23.1 Å². The van der Waals surface area contributed by atoms with Gasteiger partial charge in [-0.1, -0.05) is 53.0 Å². The summed E-state index contributed by atoms with van der Waals surface area (Å²) < 4.78 is 45.2. The first kappa shape index (κ1) is 24.0. The zero-order valence-corrected chi connectivity index (χ0v) is 18.4. The van der Waals surface area contributed by atoms with E-state index in [1.54, 1.807) is 0 Å². The molecule has 0 radical (unpaired) electrons. The molecule has 0 bridgehead atoms. The van der Waals surface area contributed by atoms with Gasteiger partial charge in [0.2, 0.25) is 0 Å². The quantitative estimate of drug-likeness (QED) is 0.372. The number of carbonyl (C=O) groups is 1. The Labute approximate surface area is 196 Å². The molecule has 4 nitrogen and oxygen atoms in total. The van der Waals surface area contributed by atoms with Crippen molar-refractivity contribution in [3.8, 4) is 11.5 Å². The van der Waals surface area contributed by atoms with Gasteiger partial charge in [0.15, 0.2) is 5.75 Å². The average Bonchev–Trinajstić information content (AvgIpc) is 2.71. The SMILES string of the molecule is O=C(Nc1cc(Cl)cc(Cl)c1OCCc1ccccc1C(F)(F)F)c1cc(Cl)ccc1O. The van der Waals surface area contributed by atoms with Crippen LogP contribution in [0.25, 0.3) is 0 Å². The highest BCUT2D eigenvalue weighted by Crippen LogP contribution is 2.38. The van der Waals surface area contributed by atoms with Gasteiger partial charge in [0.25, 0.3) is 5.91 Å². The van der Waals surface area contributed by atoms with Crippen molar-refractivity contribution >= 4 is 46.4 Å². The van der Waals surface area contributed by atoms with Crippen molar-refractivity contribution in [3.63, 3.8) is 0 Å². The predicted molar refractivity (Wildman–Crippen MR) is 118 cm³/mol. The molecule has 168 valence electrons. The highest BCUT2D eigenvalue weighted by Gasteiger charge is 2.32. The molecule has 3 aromatic carbocycles. The van der Waals surface area contributed by atoms with E-state index in [4.69, 9.17) is 39.5 Å². The molecular formula is C22H15Cl3F3NO3. The van der Waals surface area contributed by atoms with E-state index in [1.165, 1.54) is 48.5 Å². The van der Waals surface area contributed by atoms with Gasteiger partial charge in [0.1, 0.15) is 5.75 Å². The lowest BCUT2D eigenvalue weighted by molar-refractivity contribution is -0.138. The van der Waals surface area contributed by atoms with Crippen LogP contribution in [0.4, 0.5) is 18.9 Å². The zero-order valence-electron chi connectivity index (χ0n) is 16.1. The maximum Gasteiger partial charge on any atom is 0.416 e. The molecule has 0 aliphatic heterocycles. The first-order valence-corrected chi connectivity index (χ1v) is 10.3. The van der Waals surface area contributed by atoms with Gasteiger partial charge in [-0.05, 0) is 42.0 Å². The number of benzene rings is 3. The maximum absolute atomic E-state index is 13.2. The van der Waals surface area contributed by atoms with Crippen LogP contribution in [-0.4, -0.2) is 17.6 Å². The van der Waals surface area contributed by atoms with Crippen molar-refractivity contribution in [3.05, 3.63) is 86.4 Å². The third kappa shape index (κ3) is 5.79. The van der Waals surface area contributed by atoms with Crippen molar-refractivity contribution in [1.29, 1.82) is 0 Å². The number of anilines is 1. The zero-order chi connectivity index (χ0) is 23.5. The molecule has 0 aromatic heterocycles. The lowest BCUT2D eigenvalue weighted by atomic mass is 10.0. The molecule has 1 amide bonds. The second kappa shape index (κ2) is 9.90. The molecule has 0 fully saturated rings. The summed E-state index contributed by atoms with van der Waals surface area (Å²) in [4.78, 5) is 12.6. The van der Waals surface area contributed by atoms with E-state index in [1.807, 2.05) is 0 Å². The molecular weight excluding hydrogens is 490 g/mol. The minimum absolute atomic E-state index is 0.0235. The lowest BCUT2D eigenvalue weighted by Crippen LogP contribution is -2.15. The minimum atomic E-state index is -4.49. The number of nitrogens with one attached hydrogen (secondary N) is 1. The Morgan fingerprint density at radius 2 is 1.72 bits per heavy atom. The number of halogens is 6. The van der Waals surface area contributed by atoms with Crippen LogP contribution in [-0.2, 0) is 12.6 Å². The van der Waals surface area contributed by atoms with Crippen LogP contribution in [0.1, 0.15) is 21.5 Å². The normalized spacial score (nSPS) is 11.3. The van der Waals surface area contributed by atoms with Crippen LogP contribution < -0.4 is 10.1 Å². The van der Waals surface area contributed by atoms with Crippen LogP contribution in [0, 0.1) is 0 Å². The molecule has 0 atom stereocenters. The first-order valence-electron chi connectivity index (χ1n) is 9.13. The number of phenols is 1. The van der Waals surface area contributed by atoms with E-state index in [0.717, 1.165) is 6.07 Å². The molecule has 32 heavy (non-hydrogen) atoms. The van der Waals surface area contributed by atoms with E-state index < -0.39 is 17.6 Å². The van der Waals surface area contributed by atoms with Gasteiger partial charge in [0, 0.05) is 16.5 Å². The Hall–Kier alpha value is -2.61. The highest BCUT2D eigenvalue weighted by molar-refractivity contribution is 6.36. The van der Waals surface area contributed by atoms with E-state index in [-0.39, 0.29) is 56.4 Å². The predicted octanol–water partition coefficient (Wildman–Crippen LogP) is 7.25. The number of hydrogen-bond donors (Lipinski definition) is 2. The van der Waals surface area contributed by atoms with Gasteiger partial charge < -0.3 is 15.2 Å². The fraction of sp³-hybridized carbons (Fsp3) is 0.136. The summed E-state index contributed by atoms with van der Waals surface area (Å²) in [6.07, 6.45) is -4.55. The number of rotatable bonds is 6. The molecule has 0 aliphatic rings. The van der Waals surface area contributed by atoms with E-state index in [2.05, 4.69) is 5.32 Å². The number of alkyl halides is 3. The van der Waals surface area contributed by atoms with Crippen LogP contribution in [0.2, 0.25) is 15.1 Å². The van der Waals surface area contributed by atoms with Crippen LogP contribution in [0.5, 0.6) is 11.5 Å². The molecule has 0 spiro atoms. The number of amides is 1. The fourth-order valence-corrected chi connectivity index (χ4v) is 3.68. The third-order valence-electron chi connectivity index (χ3n) is 4.40. The van der Waals surface area contributed by atoms with Crippen molar-refractivity contribution in [2.24, 2.45) is 0 Å². The topological polar surface area (TPSA) is 58.6 Å². The molecule has 3 rings (SSSR count). The Bertz CT molecular complexity index is 1150.